The van der Waals surface area contributed by atoms with Gasteiger partial charge in [0.1, 0.15) is 183 Å². The fraction of sp³-hybridized carbons (Fsp3) is 0.962. The van der Waals surface area contributed by atoms with Gasteiger partial charge >= 0.3 is 0 Å². The second-order valence-electron chi connectivity index (χ2n) is 23.8. The standard InChI is InChI=1S/C52H88N2O39/c1-11-23(63)29(69)34(74)48(79-11)90-41-22(54-14(4)62)47(92-42-27(67)17(7-57)83-50(36(42)76)87-38-19(9-59)81-45(78)33(73)32(38)72)86-20(10-60)39(41)88-51-37(77)43(28(68)18(8-58)84-51)91-46-21(53-13(3)61)40(26(66)16(6-56)82-46)89-52-44(31(71)25(65)15(5-55)85-52)93-49-35(75)30(70)24(64)12(2)80-49/h11-12,15-52,55-60,63-78H,5-10H2,1-4H3,(H,53,61)(H,54,62)/t11-,12-,15+,16+,17+,18+,19+,20+,21+,22+,23+,24+,25-,26+,27-,28-,29+,30+,31-,32+,33+,34-,35-,36+,37+,38+,39+,40+,41+,42-,43-,44+,45-,46-,47-,48-,49-,50-,51-,52-/m0/s1. The second-order valence-corrected chi connectivity index (χ2v) is 23.8. The van der Waals surface area contributed by atoms with E-state index in [4.69, 9.17) is 71.1 Å². The lowest BCUT2D eigenvalue weighted by atomic mass is 9.93. The van der Waals surface area contributed by atoms with E-state index in [1.807, 2.05) is 0 Å². The summed E-state index contributed by atoms with van der Waals surface area (Å²) >= 11 is 0. The molecule has 41 heteroatoms. The first-order valence-corrected chi connectivity index (χ1v) is 29.9. The summed E-state index contributed by atoms with van der Waals surface area (Å²) < 4.78 is 88.3. The van der Waals surface area contributed by atoms with Crippen molar-refractivity contribution in [1.29, 1.82) is 0 Å². The number of ether oxygens (including phenoxy) is 15. The second kappa shape index (κ2) is 32.6. The molecule has 0 aromatic heterocycles. The van der Waals surface area contributed by atoms with Crippen molar-refractivity contribution in [3.05, 3.63) is 0 Å². The Morgan fingerprint density at radius 1 is 0.280 bits per heavy atom. The molecule has 8 heterocycles. The summed E-state index contributed by atoms with van der Waals surface area (Å²) in [7, 11) is 0. The van der Waals surface area contributed by atoms with Crippen LogP contribution in [-0.4, -0.2) is 409 Å². The summed E-state index contributed by atoms with van der Waals surface area (Å²) in [4.78, 5) is 26.4. The van der Waals surface area contributed by atoms with Crippen LogP contribution in [0.5, 0.6) is 0 Å². The molecule has 540 valence electrons. The molecule has 40 atom stereocenters. The molecule has 8 fully saturated rings. The van der Waals surface area contributed by atoms with Gasteiger partial charge in [-0.15, -0.1) is 0 Å². The summed E-state index contributed by atoms with van der Waals surface area (Å²) in [5.74, 6) is -1.89. The molecule has 0 aromatic rings. The van der Waals surface area contributed by atoms with Crippen LogP contribution in [0.1, 0.15) is 27.7 Å². The van der Waals surface area contributed by atoms with Gasteiger partial charge in [0.05, 0.1) is 51.8 Å². The fourth-order valence-corrected chi connectivity index (χ4v) is 12.1. The SMILES string of the molecule is CC(=O)N[C@H]1[C@H](O[C@H]2[C@@H](O)[C@@H](CO)O[C@@H](O[C@H]3[C@H](O)[C@@H](O)[C@@H](O)O[C@@H]3CO)[C@@H]2O)O[C@H](CO)[C@@H](O[C@@H]2O[C@H](CO)[C@H](O)[C@H](O[C@@H]3O[C@H](CO)[C@@H](O)[C@H](O[C@@H]4O[C@H](CO)[C@H](O)[C@H](O)[C@H]4O[C@@H]4O[C@@H](C)[C@@H](O)[C@@H](O)[C@@H]4O)[C@H]3NC(C)=O)[C@H]2O)[C@@H]1O[C@@H]1O[C@@H](C)[C@@H](O)[C@@H](O)[C@@H]1O. The normalized spacial score (nSPS) is 51.6. The van der Waals surface area contributed by atoms with Crippen molar-refractivity contribution in [1.82, 2.24) is 10.6 Å². The molecule has 2 amide bonds. The highest BCUT2D eigenvalue weighted by Crippen LogP contribution is 2.40. The summed E-state index contributed by atoms with van der Waals surface area (Å²) in [6.07, 6.45) is -75.0. The highest BCUT2D eigenvalue weighted by Gasteiger charge is 2.61. The topological polar surface area (TPSA) is 642 Å². The summed E-state index contributed by atoms with van der Waals surface area (Å²) in [5, 5.41) is 245. The van der Waals surface area contributed by atoms with Gasteiger partial charge < -0.3 is 194 Å². The van der Waals surface area contributed by atoms with Crippen molar-refractivity contribution in [2.45, 2.75) is 273 Å². The Kier molecular flexibility index (Phi) is 26.7. The van der Waals surface area contributed by atoms with Crippen molar-refractivity contribution in [2.24, 2.45) is 0 Å². The number of hydrogen-bond acceptors (Lipinski definition) is 39. The number of rotatable bonds is 22. The van der Waals surface area contributed by atoms with Crippen LogP contribution < -0.4 is 10.6 Å². The average molecular weight is 1370 g/mol. The van der Waals surface area contributed by atoms with Crippen LogP contribution in [0.3, 0.4) is 0 Å². The Bertz CT molecular complexity index is 2350. The third-order valence-corrected chi connectivity index (χ3v) is 17.4. The highest BCUT2D eigenvalue weighted by atomic mass is 16.8. The lowest BCUT2D eigenvalue weighted by Crippen LogP contribution is -2.72. The molecule has 8 aliphatic heterocycles. The maximum absolute atomic E-state index is 13.3. The third-order valence-electron chi connectivity index (χ3n) is 17.4. The quantitative estimate of drug-likeness (QED) is 0.0479. The number of carbonyl (C=O) groups excluding carboxylic acids is 2. The molecule has 93 heavy (non-hydrogen) atoms. The number of aliphatic hydroxyl groups is 22. The molecule has 0 radical (unpaired) electrons. The number of amides is 2. The molecule has 24 N–H and O–H groups in total. The fourth-order valence-electron chi connectivity index (χ4n) is 12.1. The van der Waals surface area contributed by atoms with Gasteiger partial charge in [-0.1, -0.05) is 0 Å². The van der Waals surface area contributed by atoms with Crippen LogP contribution in [0.2, 0.25) is 0 Å². The molecule has 8 saturated heterocycles. The largest absolute Gasteiger partial charge is 0.394 e. The highest BCUT2D eigenvalue weighted by molar-refractivity contribution is 5.73. The Balaban J connectivity index is 1.11. The van der Waals surface area contributed by atoms with Crippen molar-refractivity contribution >= 4 is 11.8 Å². The summed E-state index contributed by atoms with van der Waals surface area (Å²) in [6.45, 7) is -2.01. The number of aliphatic hydroxyl groups excluding tert-OH is 22. The van der Waals surface area contributed by atoms with E-state index in [0.29, 0.717) is 0 Å². The van der Waals surface area contributed by atoms with Gasteiger partial charge in [-0.2, -0.15) is 0 Å². The zero-order chi connectivity index (χ0) is 68.5. The van der Waals surface area contributed by atoms with Gasteiger partial charge in [-0.3, -0.25) is 9.59 Å². The maximum Gasteiger partial charge on any atom is 0.217 e. The van der Waals surface area contributed by atoms with Crippen LogP contribution in [0.4, 0.5) is 0 Å². The molecule has 8 aliphatic rings. The molecule has 41 nitrogen and oxygen atoms in total. The molecule has 0 aliphatic carbocycles. The van der Waals surface area contributed by atoms with Crippen molar-refractivity contribution in [3.8, 4) is 0 Å². The van der Waals surface area contributed by atoms with Crippen LogP contribution in [0, 0.1) is 0 Å². The molecule has 0 unspecified atom stereocenters. The average Bonchev–Trinajstić information content (AvgIpc) is 0.773. The minimum absolute atomic E-state index is 0.933. The van der Waals surface area contributed by atoms with E-state index in [2.05, 4.69) is 10.6 Å². The van der Waals surface area contributed by atoms with Gasteiger partial charge in [0.25, 0.3) is 0 Å². The van der Waals surface area contributed by atoms with E-state index in [1.54, 1.807) is 0 Å². The summed E-state index contributed by atoms with van der Waals surface area (Å²) in [5.41, 5.74) is 0. The van der Waals surface area contributed by atoms with E-state index >= 15 is 0 Å². The number of hydrogen-bond donors (Lipinski definition) is 24. The van der Waals surface area contributed by atoms with Crippen LogP contribution in [-0.2, 0) is 80.6 Å². The predicted octanol–water partition coefficient (Wildman–Crippen LogP) is -16.1. The van der Waals surface area contributed by atoms with E-state index in [1.165, 1.54) is 13.8 Å². The van der Waals surface area contributed by atoms with Crippen LogP contribution in [0.25, 0.3) is 0 Å². The van der Waals surface area contributed by atoms with E-state index in [-0.39, 0.29) is 0 Å². The van der Waals surface area contributed by atoms with Crippen LogP contribution >= 0.6 is 0 Å². The molecule has 0 aromatic carbocycles. The van der Waals surface area contributed by atoms with Gasteiger partial charge in [-0.05, 0) is 13.8 Å². The Morgan fingerprint density at radius 3 is 1.03 bits per heavy atom. The Hall–Kier alpha value is -2.54. The zero-order valence-electron chi connectivity index (χ0n) is 50.1. The molecular formula is C52H88N2O39. The maximum atomic E-state index is 13.3. The van der Waals surface area contributed by atoms with E-state index in [9.17, 15) is 122 Å². The molecule has 8 rings (SSSR count). The number of carbonyl (C=O) groups is 2. The first kappa shape index (κ1) is 76.2. The summed E-state index contributed by atoms with van der Waals surface area (Å²) in [6, 6.07) is -3.86. The molecule has 0 bridgehead atoms. The Labute approximate surface area is 527 Å². The third kappa shape index (κ3) is 16.2. The molecular weight excluding hydrogens is 1280 g/mol. The Morgan fingerprint density at radius 2 is 0.591 bits per heavy atom. The first-order chi connectivity index (χ1) is 43.9. The smallest absolute Gasteiger partial charge is 0.217 e. The van der Waals surface area contributed by atoms with Crippen molar-refractivity contribution in [3.63, 3.8) is 0 Å². The molecule has 0 saturated carbocycles. The van der Waals surface area contributed by atoms with Gasteiger partial charge in [0.2, 0.25) is 11.8 Å². The van der Waals surface area contributed by atoms with Gasteiger partial charge in [0, 0.05) is 13.8 Å². The first-order valence-electron chi connectivity index (χ1n) is 29.9. The van der Waals surface area contributed by atoms with Gasteiger partial charge in [0.15, 0.2) is 50.3 Å². The zero-order valence-corrected chi connectivity index (χ0v) is 50.1. The molecule has 0 spiro atoms. The lowest BCUT2D eigenvalue weighted by molar-refractivity contribution is -0.398. The van der Waals surface area contributed by atoms with Crippen LogP contribution in [0.15, 0.2) is 0 Å². The van der Waals surface area contributed by atoms with E-state index < -0.39 is 297 Å². The monoisotopic (exact) mass is 1360 g/mol. The number of nitrogens with one attached hydrogen (secondary N) is 2. The predicted molar refractivity (Wildman–Crippen MR) is 285 cm³/mol. The minimum atomic E-state index is -2.41. The van der Waals surface area contributed by atoms with Crippen molar-refractivity contribution < 1.29 is 193 Å². The lowest BCUT2D eigenvalue weighted by Gasteiger charge is -2.52. The van der Waals surface area contributed by atoms with Gasteiger partial charge in [-0.25, -0.2) is 0 Å². The van der Waals surface area contributed by atoms with Crippen molar-refractivity contribution in [2.75, 3.05) is 39.6 Å². The van der Waals surface area contributed by atoms with E-state index in [0.717, 1.165) is 13.8 Å². The minimum Gasteiger partial charge on any atom is -0.394 e.